The van der Waals surface area contributed by atoms with Gasteiger partial charge in [-0.05, 0) is 30.2 Å². The second-order valence-corrected chi connectivity index (χ2v) is 7.47. The molecule has 1 unspecified atom stereocenters. The number of hydrogen-bond donors (Lipinski definition) is 1. The van der Waals surface area contributed by atoms with Crippen LogP contribution in [0.1, 0.15) is 29.2 Å². The van der Waals surface area contributed by atoms with Gasteiger partial charge in [-0.25, -0.2) is 4.79 Å². The van der Waals surface area contributed by atoms with Crippen LogP contribution >= 0.6 is 23.2 Å². The van der Waals surface area contributed by atoms with Crippen LogP contribution < -0.4 is 9.47 Å². The summed E-state index contributed by atoms with van der Waals surface area (Å²) < 4.78 is 11.2. The first-order valence-corrected chi connectivity index (χ1v) is 10.0. The Hall–Kier alpha value is -2.70. The highest BCUT2D eigenvalue weighted by Crippen LogP contribution is 2.46. The number of ether oxygens (including phenoxy) is 2. The Morgan fingerprint density at radius 2 is 1.87 bits per heavy atom. The molecule has 0 bridgehead atoms. The summed E-state index contributed by atoms with van der Waals surface area (Å²) in [4.78, 5) is 25.5. The van der Waals surface area contributed by atoms with Gasteiger partial charge in [0.15, 0.2) is 0 Å². The number of aliphatic carboxylic acids is 1. The van der Waals surface area contributed by atoms with E-state index in [4.69, 9.17) is 37.8 Å². The summed E-state index contributed by atoms with van der Waals surface area (Å²) in [5.41, 5.74) is 2.37. The van der Waals surface area contributed by atoms with E-state index in [-0.39, 0.29) is 12.3 Å². The maximum atomic E-state index is 13.1. The summed E-state index contributed by atoms with van der Waals surface area (Å²) in [5, 5.41) is 9.54. The minimum atomic E-state index is -1.10. The zero-order valence-electron chi connectivity index (χ0n) is 16.5. The number of rotatable bonds is 6. The Labute approximate surface area is 184 Å². The van der Waals surface area contributed by atoms with Crippen molar-refractivity contribution in [2.24, 2.45) is 0 Å². The molecule has 8 heteroatoms. The maximum Gasteiger partial charge on any atom is 0.327 e. The number of hydrogen-bond acceptors (Lipinski definition) is 4. The van der Waals surface area contributed by atoms with Crippen LogP contribution in [0.15, 0.2) is 42.5 Å². The molecule has 0 radical (unpaired) electrons. The highest BCUT2D eigenvalue weighted by atomic mass is 35.5. The monoisotopic (exact) mass is 449 g/mol. The van der Waals surface area contributed by atoms with Gasteiger partial charge in [-0.2, -0.15) is 0 Å². The Kier molecular flexibility index (Phi) is 6.90. The second kappa shape index (κ2) is 9.41. The van der Waals surface area contributed by atoms with Crippen molar-refractivity contribution >= 4 is 35.1 Å². The number of carbonyl (C=O) groups excluding carboxylic acids is 1. The van der Waals surface area contributed by atoms with Gasteiger partial charge >= 0.3 is 5.97 Å². The van der Waals surface area contributed by atoms with Gasteiger partial charge in [0.2, 0.25) is 5.91 Å². The van der Waals surface area contributed by atoms with Crippen LogP contribution in [0.2, 0.25) is 10.0 Å². The standard InChI is InChI=1S/C22H21Cl2NO5/c1-29-16-9-10-17(30-2)20-13(16)11-12-25(18(26)7-4-8-19(27)28)22(20)14-5-3-6-15(23)21(14)24/h3-6,8-10,22H,7,11-12H2,1-2H3,(H,27,28)/b8-4+. The summed E-state index contributed by atoms with van der Waals surface area (Å²) in [6.07, 6.45) is 2.79. The molecule has 0 spiro atoms. The van der Waals surface area contributed by atoms with E-state index in [2.05, 4.69) is 0 Å². The SMILES string of the molecule is COc1ccc(OC)c2c1CCN(C(=O)C/C=C/C(=O)O)C2c1cccc(Cl)c1Cl. The van der Waals surface area contributed by atoms with Crippen molar-refractivity contribution in [3.63, 3.8) is 0 Å². The molecule has 2 aromatic carbocycles. The van der Waals surface area contributed by atoms with Gasteiger partial charge in [0, 0.05) is 30.2 Å². The zero-order chi connectivity index (χ0) is 21.8. The fourth-order valence-corrected chi connectivity index (χ4v) is 4.18. The molecule has 1 aliphatic rings. The molecule has 3 rings (SSSR count). The fraction of sp³-hybridized carbons (Fsp3) is 0.273. The lowest BCUT2D eigenvalue weighted by atomic mass is 9.86. The molecule has 1 aliphatic heterocycles. The van der Waals surface area contributed by atoms with Crippen LogP contribution in [0, 0.1) is 0 Å². The van der Waals surface area contributed by atoms with E-state index in [9.17, 15) is 9.59 Å². The van der Waals surface area contributed by atoms with Crippen molar-refractivity contribution in [2.75, 3.05) is 20.8 Å². The van der Waals surface area contributed by atoms with Crippen molar-refractivity contribution in [3.8, 4) is 11.5 Å². The maximum absolute atomic E-state index is 13.1. The van der Waals surface area contributed by atoms with Crippen molar-refractivity contribution < 1.29 is 24.2 Å². The lowest BCUT2D eigenvalue weighted by Crippen LogP contribution is -2.40. The number of methoxy groups -OCH3 is 2. The van der Waals surface area contributed by atoms with E-state index in [0.717, 1.165) is 17.2 Å². The number of nitrogens with zero attached hydrogens (tertiary/aromatic N) is 1. The normalized spacial score (nSPS) is 15.7. The minimum absolute atomic E-state index is 0.0530. The van der Waals surface area contributed by atoms with E-state index in [1.807, 2.05) is 12.1 Å². The molecule has 0 saturated carbocycles. The highest BCUT2D eigenvalue weighted by Gasteiger charge is 2.37. The first-order chi connectivity index (χ1) is 14.4. The van der Waals surface area contributed by atoms with Gasteiger partial charge in [0.1, 0.15) is 11.5 Å². The van der Waals surface area contributed by atoms with Crippen LogP contribution in [0.25, 0.3) is 0 Å². The number of fused-ring (bicyclic) bond motifs is 1. The third-order valence-corrected chi connectivity index (χ3v) is 5.88. The van der Waals surface area contributed by atoms with Crippen molar-refractivity contribution in [1.82, 2.24) is 4.90 Å². The summed E-state index contributed by atoms with van der Waals surface area (Å²) in [5.74, 6) is -0.0334. The van der Waals surface area contributed by atoms with E-state index >= 15 is 0 Å². The Bertz CT molecular complexity index is 1010. The topological polar surface area (TPSA) is 76.1 Å². The lowest BCUT2D eigenvalue weighted by molar-refractivity contribution is -0.132. The largest absolute Gasteiger partial charge is 0.496 e. The molecule has 2 aromatic rings. The average molecular weight is 450 g/mol. The second-order valence-electron chi connectivity index (χ2n) is 6.69. The molecule has 1 N–H and O–H groups in total. The van der Waals surface area contributed by atoms with Crippen LogP contribution in [0.3, 0.4) is 0 Å². The first kappa shape index (κ1) is 22.0. The number of carboxylic acid groups (broad SMARTS) is 1. The molecule has 30 heavy (non-hydrogen) atoms. The predicted molar refractivity (Wildman–Crippen MR) is 115 cm³/mol. The van der Waals surface area contributed by atoms with E-state index in [1.54, 1.807) is 37.3 Å². The Morgan fingerprint density at radius 3 is 2.53 bits per heavy atom. The molecule has 0 aliphatic carbocycles. The van der Waals surface area contributed by atoms with Gasteiger partial charge in [0.05, 0.1) is 30.3 Å². The van der Waals surface area contributed by atoms with Gasteiger partial charge in [-0.3, -0.25) is 4.79 Å². The molecule has 0 fully saturated rings. The van der Waals surface area contributed by atoms with Gasteiger partial charge < -0.3 is 19.5 Å². The Balaban J connectivity index is 2.17. The molecule has 1 amide bonds. The molecule has 0 saturated heterocycles. The third-order valence-electron chi connectivity index (χ3n) is 5.05. The van der Waals surface area contributed by atoms with Gasteiger partial charge in [0.25, 0.3) is 0 Å². The molecular formula is C22H21Cl2NO5. The highest BCUT2D eigenvalue weighted by molar-refractivity contribution is 6.42. The van der Waals surface area contributed by atoms with Gasteiger partial charge in [-0.1, -0.05) is 41.4 Å². The summed E-state index contributed by atoms with van der Waals surface area (Å²) >= 11 is 12.8. The quantitative estimate of drug-likeness (QED) is 0.656. The van der Waals surface area contributed by atoms with Crippen LogP contribution in [-0.2, 0) is 16.0 Å². The van der Waals surface area contributed by atoms with Crippen LogP contribution in [0.4, 0.5) is 0 Å². The summed E-state index contributed by atoms with van der Waals surface area (Å²) in [7, 11) is 3.16. The predicted octanol–water partition coefficient (Wildman–Crippen LogP) is 4.52. The molecule has 158 valence electrons. The van der Waals surface area contributed by atoms with Crippen molar-refractivity contribution in [2.45, 2.75) is 18.9 Å². The van der Waals surface area contributed by atoms with E-state index in [0.29, 0.717) is 40.1 Å². The minimum Gasteiger partial charge on any atom is -0.496 e. The van der Waals surface area contributed by atoms with E-state index in [1.165, 1.54) is 6.08 Å². The van der Waals surface area contributed by atoms with Gasteiger partial charge in [-0.15, -0.1) is 0 Å². The lowest BCUT2D eigenvalue weighted by Gasteiger charge is -2.39. The van der Waals surface area contributed by atoms with Crippen molar-refractivity contribution in [3.05, 3.63) is 69.2 Å². The molecule has 6 nitrogen and oxygen atoms in total. The van der Waals surface area contributed by atoms with Crippen LogP contribution in [-0.4, -0.2) is 42.6 Å². The first-order valence-electron chi connectivity index (χ1n) is 9.25. The zero-order valence-corrected chi connectivity index (χ0v) is 18.0. The molecular weight excluding hydrogens is 429 g/mol. The number of halogens is 2. The molecule has 1 heterocycles. The summed E-state index contributed by atoms with van der Waals surface area (Å²) in [6, 6.07) is 8.35. The number of benzene rings is 2. The summed E-state index contributed by atoms with van der Waals surface area (Å²) in [6.45, 7) is 0.407. The Morgan fingerprint density at radius 1 is 1.17 bits per heavy atom. The number of carboxylic acids is 1. The fourth-order valence-electron chi connectivity index (χ4n) is 3.77. The van der Waals surface area contributed by atoms with E-state index < -0.39 is 12.0 Å². The van der Waals surface area contributed by atoms with Crippen LogP contribution in [0.5, 0.6) is 11.5 Å². The van der Waals surface area contributed by atoms with Crippen molar-refractivity contribution in [1.29, 1.82) is 0 Å². The average Bonchev–Trinajstić information content (AvgIpc) is 2.73. The smallest absolute Gasteiger partial charge is 0.327 e. The third kappa shape index (κ3) is 4.25. The molecule has 1 atom stereocenters. The molecule has 0 aromatic heterocycles. The number of amides is 1. The number of carbonyl (C=O) groups is 2.